The van der Waals surface area contributed by atoms with Crippen LogP contribution in [0.1, 0.15) is 5.56 Å². The predicted octanol–water partition coefficient (Wildman–Crippen LogP) is 1.82. The molecule has 0 aliphatic rings. The minimum absolute atomic E-state index is 0.0114. The van der Waals surface area contributed by atoms with Gasteiger partial charge in [-0.3, -0.25) is 10.1 Å². The van der Waals surface area contributed by atoms with E-state index in [9.17, 15) is 14.9 Å². The summed E-state index contributed by atoms with van der Waals surface area (Å²) in [4.78, 5) is 21.1. The van der Waals surface area contributed by atoms with E-state index in [1.54, 1.807) is 19.2 Å². The molecule has 6 heteroatoms. The maximum absolute atomic E-state index is 10.9. The van der Waals surface area contributed by atoms with Gasteiger partial charge < -0.3 is 10.1 Å². The number of benzene rings is 1. The summed E-state index contributed by atoms with van der Waals surface area (Å²) in [6, 6.07) is 4.51. The minimum atomic E-state index is -0.477. The highest BCUT2D eigenvalue weighted by atomic mass is 16.6. The van der Waals surface area contributed by atoms with E-state index >= 15 is 0 Å². The number of nitro benzene ring substituents is 1. The molecule has 0 atom stereocenters. The van der Waals surface area contributed by atoms with E-state index < -0.39 is 10.9 Å². The predicted molar refractivity (Wildman–Crippen MR) is 63.7 cm³/mol. The Bertz CT molecular complexity index is 469. The summed E-state index contributed by atoms with van der Waals surface area (Å²) in [5, 5.41) is 13.4. The lowest BCUT2D eigenvalue weighted by Crippen LogP contribution is -1.97. The van der Waals surface area contributed by atoms with Crippen LogP contribution in [-0.2, 0) is 9.53 Å². The number of ether oxygens (including phenoxy) is 1. The summed E-state index contributed by atoms with van der Waals surface area (Å²) < 4.78 is 4.44. The second kappa shape index (κ2) is 5.64. The van der Waals surface area contributed by atoms with Crippen molar-refractivity contribution >= 4 is 23.4 Å². The van der Waals surface area contributed by atoms with Crippen molar-refractivity contribution in [1.82, 2.24) is 0 Å². The fourth-order valence-electron chi connectivity index (χ4n) is 1.25. The average molecular weight is 236 g/mol. The maximum atomic E-state index is 10.9. The highest BCUT2D eigenvalue weighted by molar-refractivity contribution is 5.87. The molecule has 6 nitrogen and oxygen atoms in total. The van der Waals surface area contributed by atoms with Crippen molar-refractivity contribution in [3.05, 3.63) is 40.0 Å². The molecule has 0 heterocycles. The van der Waals surface area contributed by atoms with Crippen LogP contribution in [0.5, 0.6) is 0 Å². The molecule has 0 aromatic heterocycles. The Kier molecular flexibility index (Phi) is 4.21. The SMILES string of the molecule is CNc1cc(/C=C/C(=O)OC)ccc1[N+](=O)[O-]. The van der Waals surface area contributed by atoms with Gasteiger partial charge in [-0.1, -0.05) is 0 Å². The van der Waals surface area contributed by atoms with Crippen LogP contribution in [0.2, 0.25) is 0 Å². The number of nitrogens with one attached hydrogen (secondary N) is 1. The van der Waals surface area contributed by atoms with Gasteiger partial charge in [-0.25, -0.2) is 4.79 Å². The summed E-state index contributed by atoms with van der Waals surface area (Å²) in [5.41, 5.74) is 1.05. The van der Waals surface area contributed by atoms with Crippen molar-refractivity contribution in [3.8, 4) is 0 Å². The number of carbonyl (C=O) groups excluding carboxylic acids is 1. The molecule has 0 amide bonds. The molecule has 0 aliphatic heterocycles. The highest BCUT2D eigenvalue weighted by Crippen LogP contribution is 2.25. The lowest BCUT2D eigenvalue weighted by molar-refractivity contribution is -0.383. The molecule has 0 saturated carbocycles. The Morgan fingerprint density at radius 2 is 2.24 bits per heavy atom. The molecule has 90 valence electrons. The van der Waals surface area contributed by atoms with E-state index in [1.165, 1.54) is 25.3 Å². The third-order valence-corrected chi connectivity index (χ3v) is 2.10. The Balaban J connectivity index is 3.01. The topological polar surface area (TPSA) is 81.5 Å². The number of methoxy groups -OCH3 is 1. The lowest BCUT2D eigenvalue weighted by atomic mass is 10.1. The standard InChI is InChI=1S/C11H12N2O4/c1-12-9-7-8(4-6-11(14)17-2)3-5-10(9)13(15)16/h3-7,12H,1-2H3/b6-4+. The average Bonchev–Trinajstić information content (AvgIpc) is 2.35. The zero-order chi connectivity index (χ0) is 12.8. The summed E-state index contributed by atoms with van der Waals surface area (Å²) in [6.07, 6.45) is 2.77. The summed E-state index contributed by atoms with van der Waals surface area (Å²) in [7, 11) is 2.87. The Morgan fingerprint density at radius 1 is 1.53 bits per heavy atom. The summed E-state index contributed by atoms with van der Waals surface area (Å²) >= 11 is 0. The number of nitro groups is 1. The molecule has 1 N–H and O–H groups in total. The third kappa shape index (κ3) is 3.30. The lowest BCUT2D eigenvalue weighted by Gasteiger charge is -2.02. The zero-order valence-corrected chi connectivity index (χ0v) is 9.47. The molecule has 0 bridgehead atoms. The van der Waals surface area contributed by atoms with Crippen LogP contribution in [-0.4, -0.2) is 25.1 Å². The van der Waals surface area contributed by atoms with Gasteiger partial charge >= 0.3 is 5.97 Å². The van der Waals surface area contributed by atoms with Gasteiger partial charge in [-0.2, -0.15) is 0 Å². The third-order valence-electron chi connectivity index (χ3n) is 2.10. The normalized spacial score (nSPS) is 10.2. The number of esters is 1. The molecule has 1 aromatic rings. The Hall–Kier alpha value is -2.37. The zero-order valence-electron chi connectivity index (χ0n) is 9.47. The van der Waals surface area contributed by atoms with E-state index in [0.717, 1.165) is 0 Å². The molecular weight excluding hydrogens is 224 g/mol. The first kappa shape index (κ1) is 12.7. The Labute approximate surface area is 98.0 Å². The molecule has 0 radical (unpaired) electrons. The van der Waals surface area contributed by atoms with Crippen LogP contribution >= 0.6 is 0 Å². The first-order valence-corrected chi connectivity index (χ1v) is 4.80. The van der Waals surface area contributed by atoms with Crippen molar-refractivity contribution in [1.29, 1.82) is 0 Å². The van der Waals surface area contributed by atoms with E-state index in [4.69, 9.17) is 0 Å². The van der Waals surface area contributed by atoms with Crippen LogP contribution in [0.25, 0.3) is 6.08 Å². The number of rotatable bonds is 4. The smallest absolute Gasteiger partial charge is 0.330 e. The van der Waals surface area contributed by atoms with Gasteiger partial charge in [0.05, 0.1) is 12.0 Å². The number of hydrogen-bond acceptors (Lipinski definition) is 5. The molecule has 0 fully saturated rings. The quantitative estimate of drug-likeness (QED) is 0.373. The highest BCUT2D eigenvalue weighted by Gasteiger charge is 2.11. The fourth-order valence-corrected chi connectivity index (χ4v) is 1.25. The second-order valence-electron chi connectivity index (χ2n) is 3.14. The summed E-state index contributed by atoms with van der Waals surface area (Å²) in [6.45, 7) is 0. The van der Waals surface area contributed by atoms with Gasteiger partial charge in [-0.15, -0.1) is 0 Å². The monoisotopic (exact) mass is 236 g/mol. The second-order valence-corrected chi connectivity index (χ2v) is 3.14. The molecule has 1 rings (SSSR count). The van der Waals surface area contributed by atoms with Crippen molar-refractivity contribution in [2.75, 3.05) is 19.5 Å². The molecule has 1 aromatic carbocycles. The maximum Gasteiger partial charge on any atom is 0.330 e. The fraction of sp³-hybridized carbons (Fsp3) is 0.182. The first-order chi connectivity index (χ1) is 8.08. The van der Waals surface area contributed by atoms with Crippen LogP contribution < -0.4 is 5.32 Å². The molecule has 0 saturated heterocycles. The van der Waals surface area contributed by atoms with Gasteiger partial charge in [0.15, 0.2) is 0 Å². The summed E-state index contributed by atoms with van der Waals surface area (Å²) in [5.74, 6) is -0.477. The van der Waals surface area contributed by atoms with Crippen molar-refractivity contribution < 1.29 is 14.5 Å². The number of anilines is 1. The molecular formula is C11H12N2O4. The van der Waals surface area contributed by atoms with Crippen molar-refractivity contribution in [3.63, 3.8) is 0 Å². The van der Waals surface area contributed by atoms with Crippen LogP contribution in [0.3, 0.4) is 0 Å². The van der Waals surface area contributed by atoms with E-state index in [0.29, 0.717) is 11.3 Å². The van der Waals surface area contributed by atoms with Crippen LogP contribution in [0.15, 0.2) is 24.3 Å². The number of hydrogen-bond donors (Lipinski definition) is 1. The number of carbonyl (C=O) groups is 1. The van der Waals surface area contributed by atoms with Gasteiger partial charge in [0, 0.05) is 19.2 Å². The molecule has 0 spiro atoms. The van der Waals surface area contributed by atoms with Gasteiger partial charge in [0.25, 0.3) is 5.69 Å². The largest absolute Gasteiger partial charge is 0.466 e. The van der Waals surface area contributed by atoms with Gasteiger partial charge in [-0.05, 0) is 23.8 Å². The van der Waals surface area contributed by atoms with E-state index in [-0.39, 0.29) is 5.69 Å². The van der Waals surface area contributed by atoms with Gasteiger partial charge in [0.2, 0.25) is 0 Å². The van der Waals surface area contributed by atoms with Crippen LogP contribution in [0.4, 0.5) is 11.4 Å². The van der Waals surface area contributed by atoms with Crippen LogP contribution in [0, 0.1) is 10.1 Å². The molecule has 17 heavy (non-hydrogen) atoms. The van der Waals surface area contributed by atoms with E-state index in [2.05, 4.69) is 10.1 Å². The number of nitrogens with zero attached hydrogens (tertiary/aromatic N) is 1. The van der Waals surface area contributed by atoms with E-state index in [1.807, 2.05) is 0 Å². The Morgan fingerprint density at radius 3 is 2.76 bits per heavy atom. The van der Waals surface area contributed by atoms with Crippen molar-refractivity contribution in [2.24, 2.45) is 0 Å². The molecule has 0 aliphatic carbocycles. The minimum Gasteiger partial charge on any atom is -0.466 e. The van der Waals surface area contributed by atoms with Gasteiger partial charge in [0.1, 0.15) is 5.69 Å². The van der Waals surface area contributed by atoms with Crippen molar-refractivity contribution in [2.45, 2.75) is 0 Å². The molecule has 0 unspecified atom stereocenters. The first-order valence-electron chi connectivity index (χ1n) is 4.80.